The first-order valence-corrected chi connectivity index (χ1v) is 26.6. The zero-order valence-corrected chi connectivity index (χ0v) is 44.5. The smallest absolute Gasteiger partial charge is 0.326 e. The van der Waals surface area contributed by atoms with E-state index < -0.39 is 115 Å². The number of benzene rings is 3. The van der Waals surface area contributed by atoms with E-state index in [9.17, 15) is 53.4 Å². The number of aliphatic hydroxyl groups is 1. The molecule has 26 heteroatoms. The molecule has 2 fully saturated rings. The second-order valence-electron chi connectivity index (χ2n) is 19.6. The highest BCUT2D eigenvalue weighted by Crippen LogP contribution is 2.26. The third-order valence-corrected chi connectivity index (χ3v) is 13.5. The average Bonchev–Trinajstić information content (AvgIpc) is 4.17. The maximum absolute atomic E-state index is 14.3. The summed E-state index contributed by atoms with van der Waals surface area (Å²) in [4.78, 5) is 134. The lowest BCUT2D eigenvalue weighted by Gasteiger charge is -2.32. The predicted molar refractivity (Wildman–Crippen MR) is 295 cm³/mol. The molecule has 2 aliphatic heterocycles. The number of nitrogens with two attached hydrogens (primary N) is 5. The molecular formula is C54H75N15O11. The molecule has 3 aromatic carbocycles. The monoisotopic (exact) mass is 1110 g/mol. The summed E-state index contributed by atoms with van der Waals surface area (Å²) in [6, 6.07) is 15.9. The molecule has 8 atom stereocenters. The van der Waals surface area contributed by atoms with Gasteiger partial charge in [0.1, 0.15) is 42.3 Å². The molecule has 432 valence electrons. The Morgan fingerprint density at radius 2 is 0.963 bits per heavy atom. The zero-order chi connectivity index (χ0) is 58.1. The summed E-state index contributed by atoms with van der Waals surface area (Å²) in [5.74, 6) is -7.42. The van der Waals surface area contributed by atoms with Crippen LogP contribution in [0.15, 0.2) is 101 Å². The number of amides is 8. The van der Waals surface area contributed by atoms with Crippen LogP contribution in [0.25, 0.3) is 0 Å². The van der Waals surface area contributed by atoms with Crippen molar-refractivity contribution in [3.63, 3.8) is 0 Å². The van der Waals surface area contributed by atoms with Crippen molar-refractivity contribution < 1.29 is 53.4 Å². The number of aliphatic hydroxyl groups excluding tert-OH is 1. The molecule has 0 spiro atoms. The fourth-order valence-electron chi connectivity index (χ4n) is 9.39. The van der Waals surface area contributed by atoms with E-state index >= 15 is 0 Å². The molecule has 2 saturated heterocycles. The number of likely N-dealkylation sites (tertiary alicyclic amines) is 2. The Morgan fingerprint density at radius 1 is 0.550 bits per heavy atom. The van der Waals surface area contributed by atoms with Gasteiger partial charge in [-0.2, -0.15) is 0 Å². The van der Waals surface area contributed by atoms with Crippen LogP contribution in [0.5, 0.6) is 0 Å². The van der Waals surface area contributed by atoms with Crippen LogP contribution in [-0.4, -0.2) is 173 Å². The van der Waals surface area contributed by atoms with E-state index in [4.69, 9.17) is 28.7 Å². The number of carboxylic acids is 1. The van der Waals surface area contributed by atoms with Gasteiger partial charge in [0, 0.05) is 45.4 Å². The summed E-state index contributed by atoms with van der Waals surface area (Å²) >= 11 is 0. The summed E-state index contributed by atoms with van der Waals surface area (Å²) in [6.07, 6.45) is 2.31. The van der Waals surface area contributed by atoms with E-state index in [0.717, 1.165) is 0 Å². The number of carbonyl (C=O) groups is 9. The first-order chi connectivity index (χ1) is 38.3. The van der Waals surface area contributed by atoms with E-state index in [1.54, 1.807) is 91.0 Å². The lowest BCUT2D eigenvalue weighted by Crippen LogP contribution is -2.60. The van der Waals surface area contributed by atoms with Gasteiger partial charge in [0.2, 0.25) is 47.3 Å². The number of rotatable bonds is 30. The van der Waals surface area contributed by atoms with Crippen LogP contribution in [0.1, 0.15) is 68.1 Å². The van der Waals surface area contributed by atoms with Crippen molar-refractivity contribution in [1.82, 2.24) is 41.7 Å². The topological polar surface area (TPSA) is 428 Å². The molecule has 0 bridgehead atoms. The van der Waals surface area contributed by atoms with Crippen molar-refractivity contribution in [3.8, 4) is 0 Å². The highest BCUT2D eigenvalue weighted by atomic mass is 16.4. The van der Waals surface area contributed by atoms with Crippen LogP contribution in [0, 0.1) is 0 Å². The van der Waals surface area contributed by atoms with Crippen molar-refractivity contribution >= 4 is 65.1 Å². The van der Waals surface area contributed by atoms with Gasteiger partial charge < -0.3 is 80.6 Å². The normalized spacial score (nSPS) is 17.0. The lowest BCUT2D eigenvalue weighted by atomic mass is 10.0. The quantitative estimate of drug-likeness (QED) is 0.0177. The molecule has 26 nitrogen and oxygen atoms in total. The molecule has 80 heavy (non-hydrogen) atoms. The Balaban J connectivity index is 1.26. The van der Waals surface area contributed by atoms with E-state index in [1.165, 1.54) is 9.80 Å². The second-order valence-corrected chi connectivity index (χ2v) is 19.6. The molecule has 2 heterocycles. The first-order valence-electron chi connectivity index (χ1n) is 26.6. The maximum Gasteiger partial charge on any atom is 0.326 e. The SMILES string of the molecule is NC(N)=NCCC[C@H](NC(=O)[C@H](Cc1ccccc1)NC(=O)[C@@H](Cc1ccccc1)NC(=O)[C@H](CO)NC(=O)[C@H](Cc1ccccc1)NC(=O)CNC(=O)[C@@H]1CCCN1C(=O)[C@H]1CCCN1C(=O)[C@@H](N)CCCN=C(N)N)C(=O)O. The molecule has 3 aromatic rings. The van der Waals surface area contributed by atoms with Gasteiger partial charge in [0.05, 0.1) is 19.2 Å². The van der Waals surface area contributed by atoms with Crippen LogP contribution in [0.3, 0.4) is 0 Å². The summed E-state index contributed by atoms with van der Waals surface area (Å²) in [7, 11) is 0. The molecule has 18 N–H and O–H groups in total. The van der Waals surface area contributed by atoms with Gasteiger partial charge in [-0.3, -0.25) is 48.3 Å². The molecule has 8 amide bonds. The number of carbonyl (C=O) groups excluding carboxylic acids is 8. The van der Waals surface area contributed by atoms with Gasteiger partial charge in [-0.05, 0) is 68.1 Å². The minimum atomic E-state index is -1.69. The third-order valence-electron chi connectivity index (χ3n) is 13.5. The number of aliphatic carboxylic acids is 1. The van der Waals surface area contributed by atoms with Gasteiger partial charge >= 0.3 is 5.97 Å². The predicted octanol–water partition coefficient (Wildman–Crippen LogP) is -3.25. The number of nitrogens with one attached hydrogen (secondary N) is 6. The number of nitrogens with zero attached hydrogens (tertiary/aromatic N) is 4. The lowest BCUT2D eigenvalue weighted by molar-refractivity contribution is -0.147. The molecule has 0 unspecified atom stereocenters. The summed E-state index contributed by atoms with van der Waals surface area (Å²) in [6.45, 7) is -0.624. The standard InChI is InChI=1S/C54H75N15O11/c55-36(20-10-24-60-53(56)57)50(77)69-27-13-23-43(69)51(78)68-26-12-22-42(68)49(76)62-31-44(71)63-38(28-33-14-4-1-5-15-33)45(72)67-41(32-70)48(75)66-40(30-35-18-8-3-9-19-35)47(74)65-39(29-34-16-6-2-7-17-34)46(73)64-37(52(79)80)21-11-25-61-54(58)59/h1-9,14-19,36-43,70H,10-13,20-32,55H2,(H,62,76)(H,63,71)(H,64,73)(H,65,74)(H,66,75)(H,67,72)(H,79,80)(H4,56,57,60)(H4,58,59,61)/t36-,37-,38-,39-,40+,41-,42-,43+/m0/s1. The van der Waals surface area contributed by atoms with Gasteiger partial charge in [0.15, 0.2) is 11.9 Å². The van der Waals surface area contributed by atoms with Crippen LogP contribution in [0.4, 0.5) is 0 Å². The molecule has 0 saturated carbocycles. The molecule has 0 aromatic heterocycles. The van der Waals surface area contributed by atoms with Crippen molar-refractivity contribution in [2.45, 2.75) is 119 Å². The average molecular weight is 1110 g/mol. The van der Waals surface area contributed by atoms with Gasteiger partial charge in [-0.1, -0.05) is 91.0 Å². The Kier molecular flexibility index (Phi) is 24.6. The molecule has 5 rings (SSSR count). The van der Waals surface area contributed by atoms with Crippen molar-refractivity contribution in [3.05, 3.63) is 108 Å². The van der Waals surface area contributed by atoms with Gasteiger partial charge in [-0.15, -0.1) is 0 Å². The number of carboxylic acid groups (broad SMARTS) is 1. The van der Waals surface area contributed by atoms with Crippen LogP contribution < -0.4 is 60.6 Å². The van der Waals surface area contributed by atoms with Gasteiger partial charge in [0.25, 0.3) is 0 Å². The largest absolute Gasteiger partial charge is 0.480 e. The Morgan fingerprint density at radius 3 is 1.43 bits per heavy atom. The highest BCUT2D eigenvalue weighted by molar-refractivity contribution is 5.98. The minimum Gasteiger partial charge on any atom is -0.480 e. The summed E-state index contributed by atoms with van der Waals surface area (Å²) in [5.41, 5.74) is 29.6. The summed E-state index contributed by atoms with van der Waals surface area (Å²) < 4.78 is 0. The molecular weight excluding hydrogens is 1030 g/mol. The fourth-order valence-corrected chi connectivity index (χ4v) is 9.39. The van der Waals surface area contributed by atoms with Crippen LogP contribution in [-0.2, 0) is 62.4 Å². The van der Waals surface area contributed by atoms with E-state index in [1.807, 2.05) is 0 Å². The first kappa shape index (κ1) is 62.2. The van der Waals surface area contributed by atoms with E-state index in [0.29, 0.717) is 61.8 Å². The van der Waals surface area contributed by atoms with Crippen LogP contribution >= 0.6 is 0 Å². The summed E-state index contributed by atoms with van der Waals surface area (Å²) in [5, 5.41) is 35.9. The highest BCUT2D eigenvalue weighted by Gasteiger charge is 2.43. The van der Waals surface area contributed by atoms with E-state index in [-0.39, 0.29) is 63.7 Å². The Bertz CT molecular complexity index is 2640. The Hall–Kier alpha value is -8.65. The van der Waals surface area contributed by atoms with Crippen molar-refractivity contribution in [2.24, 2.45) is 38.7 Å². The minimum absolute atomic E-state index is 0.0469. The Labute approximate surface area is 463 Å². The van der Waals surface area contributed by atoms with Gasteiger partial charge in [-0.25, -0.2) is 4.79 Å². The number of hydrogen-bond acceptors (Lipinski definition) is 13. The van der Waals surface area contributed by atoms with Crippen molar-refractivity contribution in [2.75, 3.05) is 39.3 Å². The maximum atomic E-state index is 14.3. The fraction of sp³-hybridized carbons (Fsp3) is 0.463. The molecule has 0 radical (unpaired) electrons. The van der Waals surface area contributed by atoms with E-state index in [2.05, 4.69) is 41.9 Å². The number of hydrogen-bond donors (Lipinski definition) is 13. The number of guanidine groups is 2. The molecule has 2 aliphatic rings. The van der Waals surface area contributed by atoms with Crippen LogP contribution in [0.2, 0.25) is 0 Å². The second kappa shape index (κ2) is 31.7. The van der Waals surface area contributed by atoms with Crippen molar-refractivity contribution in [1.29, 1.82) is 0 Å². The molecule has 0 aliphatic carbocycles. The number of aliphatic imine (C=N–C) groups is 2. The third kappa shape index (κ3) is 19.7. The zero-order valence-electron chi connectivity index (χ0n) is 44.5.